The Bertz CT molecular complexity index is 584. The molecule has 0 amide bonds. The Morgan fingerprint density at radius 3 is 2.39 bits per heavy atom. The zero-order valence-electron chi connectivity index (χ0n) is 13.6. The number of hydrogen-bond acceptors (Lipinski definition) is 5. The number of nitriles is 1. The molecule has 0 unspecified atom stereocenters. The summed E-state index contributed by atoms with van der Waals surface area (Å²) in [7, 11) is -3.40. The van der Waals surface area contributed by atoms with Gasteiger partial charge in [0.05, 0.1) is 18.4 Å². The van der Waals surface area contributed by atoms with Crippen molar-refractivity contribution < 1.29 is 13.2 Å². The van der Waals surface area contributed by atoms with Crippen molar-refractivity contribution in [3.05, 3.63) is 0 Å². The van der Waals surface area contributed by atoms with Crippen molar-refractivity contribution in [3.8, 4) is 6.07 Å². The van der Waals surface area contributed by atoms with Crippen molar-refractivity contribution in [2.75, 3.05) is 12.4 Å². The van der Waals surface area contributed by atoms with E-state index >= 15 is 0 Å². The van der Waals surface area contributed by atoms with Gasteiger partial charge in [0.1, 0.15) is 0 Å². The van der Waals surface area contributed by atoms with Gasteiger partial charge < -0.3 is 10.5 Å². The van der Waals surface area contributed by atoms with E-state index in [-0.39, 0.29) is 23.4 Å². The van der Waals surface area contributed by atoms with Gasteiger partial charge in [0.25, 0.3) is 0 Å². The average molecular weight is 341 g/mol. The lowest BCUT2D eigenvalue weighted by molar-refractivity contribution is -0.0200. The Hall–Kier alpha value is -0.680. The molecule has 130 valence electrons. The number of sulfonamides is 1. The summed E-state index contributed by atoms with van der Waals surface area (Å²) in [4.78, 5) is 0. The standard InChI is InChI=1S/C16H27N3O3S/c17-13-16(7-2-1-3-8-16)22-9-10-23(20,21)19-15-6-4-5-14(18,11-15)12-15/h19H,1-12,18H2. The lowest BCUT2D eigenvalue weighted by atomic mass is 9.55. The van der Waals surface area contributed by atoms with Gasteiger partial charge in [-0.1, -0.05) is 6.42 Å². The fraction of sp³-hybridized carbons (Fsp3) is 0.938. The first-order chi connectivity index (χ1) is 10.8. The van der Waals surface area contributed by atoms with Crippen LogP contribution < -0.4 is 10.5 Å². The van der Waals surface area contributed by atoms with Crippen LogP contribution in [0.5, 0.6) is 0 Å². The molecule has 4 aliphatic rings. The summed E-state index contributed by atoms with van der Waals surface area (Å²) < 4.78 is 33.3. The normalized spacial score (nSPS) is 36.0. The van der Waals surface area contributed by atoms with Crippen molar-refractivity contribution in [2.24, 2.45) is 5.73 Å². The second-order valence-electron chi connectivity index (χ2n) is 7.79. The van der Waals surface area contributed by atoms with Gasteiger partial charge in [-0.3, -0.25) is 0 Å². The average Bonchev–Trinajstić information content (AvgIpc) is 2.46. The predicted molar refractivity (Wildman–Crippen MR) is 87.0 cm³/mol. The Kier molecular flexibility index (Phi) is 4.47. The van der Waals surface area contributed by atoms with E-state index in [1.807, 2.05) is 0 Å². The number of hydrogen-bond donors (Lipinski definition) is 2. The summed E-state index contributed by atoms with van der Waals surface area (Å²) in [6.07, 6.45) is 8.79. The summed E-state index contributed by atoms with van der Waals surface area (Å²) in [6, 6.07) is 2.25. The molecule has 0 aliphatic heterocycles. The van der Waals surface area contributed by atoms with Gasteiger partial charge in [0, 0.05) is 11.1 Å². The van der Waals surface area contributed by atoms with Crippen LogP contribution in [0.25, 0.3) is 0 Å². The third-order valence-electron chi connectivity index (χ3n) is 5.68. The van der Waals surface area contributed by atoms with Crippen LogP contribution in [-0.4, -0.2) is 37.5 Å². The summed E-state index contributed by atoms with van der Waals surface area (Å²) in [5, 5.41) is 9.35. The molecule has 0 aromatic carbocycles. The molecule has 4 saturated carbocycles. The van der Waals surface area contributed by atoms with Crippen LogP contribution in [0.4, 0.5) is 0 Å². The van der Waals surface area contributed by atoms with E-state index in [0.29, 0.717) is 12.8 Å². The summed E-state index contributed by atoms with van der Waals surface area (Å²) >= 11 is 0. The van der Waals surface area contributed by atoms with Gasteiger partial charge in [0.2, 0.25) is 10.0 Å². The summed E-state index contributed by atoms with van der Waals surface area (Å²) in [5.74, 6) is -0.0875. The summed E-state index contributed by atoms with van der Waals surface area (Å²) in [6.45, 7) is 0.0761. The molecule has 6 nitrogen and oxygen atoms in total. The fourth-order valence-corrected chi connectivity index (χ4v) is 6.00. The molecular formula is C16H27N3O3S. The lowest BCUT2D eigenvalue weighted by Crippen LogP contribution is -2.71. The molecule has 2 bridgehead atoms. The van der Waals surface area contributed by atoms with Crippen LogP contribution in [0.3, 0.4) is 0 Å². The molecule has 4 aliphatic carbocycles. The minimum absolute atomic E-state index is 0.0761. The van der Waals surface area contributed by atoms with E-state index in [0.717, 1.165) is 51.4 Å². The molecular weight excluding hydrogens is 314 g/mol. The third kappa shape index (κ3) is 3.71. The minimum Gasteiger partial charge on any atom is -0.359 e. The number of rotatable bonds is 6. The Morgan fingerprint density at radius 1 is 1.09 bits per heavy atom. The first-order valence-corrected chi connectivity index (χ1v) is 10.3. The molecule has 0 saturated heterocycles. The lowest BCUT2D eigenvalue weighted by Gasteiger charge is -2.58. The largest absolute Gasteiger partial charge is 0.359 e. The Morgan fingerprint density at radius 2 is 1.78 bits per heavy atom. The van der Waals surface area contributed by atoms with Crippen LogP contribution >= 0.6 is 0 Å². The predicted octanol–water partition coefficient (Wildman–Crippen LogP) is 1.56. The van der Waals surface area contributed by atoms with E-state index in [9.17, 15) is 13.7 Å². The minimum atomic E-state index is -3.40. The van der Waals surface area contributed by atoms with Gasteiger partial charge in [-0.05, 0) is 57.8 Å². The number of nitrogens with zero attached hydrogens (tertiary/aromatic N) is 1. The van der Waals surface area contributed by atoms with E-state index in [4.69, 9.17) is 10.5 Å². The van der Waals surface area contributed by atoms with Crippen LogP contribution in [0, 0.1) is 11.3 Å². The van der Waals surface area contributed by atoms with Crippen molar-refractivity contribution in [1.29, 1.82) is 5.26 Å². The number of ether oxygens (including phenoxy) is 1. The number of nitrogens with one attached hydrogen (secondary N) is 1. The van der Waals surface area contributed by atoms with Crippen molar-refractivity contribution in [3.63, 3.8) is 0 Å². The maximum Gasteiger partial charge on any atom is 0.214 e. The molecule has 0 radical (unpaired) electrons. The van der Waals surface area contributed by atoms with Crippen LogP contribution in [-0.2, 0) is 14.8 Å². The highest BCUT2D eigenvalue weighted by Crippen LogP contribution is 2.50. The third-order valence-corrected chi connectivity index (χ3v) is 7.13. The quantitative estimate of drug-likeness (QED) is 0.763. The Labute approximate surface area is 138 Å². The molecule has 7 heteroatoms. The van der Waals surface area contributed by atoms with Gasteiger partial charge in [0.15, 0.2) is 5.60 Å². The second kappa shape index (κ2) is 5.99. The van der Waals surface area contributed by atoms with E-state index in [1.54, 1.807) is 0 Å². The molecule has 4 fully saturated rings. The van der Waals surface area contributed by atoms with Crippen molar-refractivity contribution in [2.45, 2.75) is 80.9 Å². The molecule has 0 spiro atoms. The van der Waals surface area contributed by atoms with Gasteiger partial charge >= 0.3 is 0 Å². The maximum absolute atomic E-state index is 12.4. The topological polar surface area (TPSA) is 105 Å². The first-order valence-electron chi connectivity index (χ1n) is 8.66. The SMILES string of the molecule is N#CC1(OCCS(=O)(=O)NC23CCCC(N)(C2)C3)CCCCC1. The van der Waals surface area contributed by atoms with Gasteiger partial charge in [-0.15, -0.1) is 0 Å². The molecule has 0 atom stereocenters. The van der Waals surface area contributed by atoms with Crippen LogP contribution in [0.1, 0.15) is 64.2 Å². The first kappa shape index (κ1) is 17.2. The fourth-order valence-electron chi connectivity index (χ4n) is 4.69. The monoisotopic (exact) mass is 341 g/mol. The maximum atomic E-state index is 12.4. The zero-order valence-corrected chi connectivity index (χ0v) is 14.5. The molecule has 4 rings (SSSR count). The number of fused-ring (bicyclic) bond motifs is 2. The van der Waals surface area contributed by atoms with E-state index in [2.05, 4.69) is 10.8 Å². The van der Waals surface area contributed by atoms with Crippen LogP contribution in [0.15, 0.2) is 0 Å². The highest BCUT2D eigenvalue weighted by atomic mass is 32.2. The van der Waals surface area contributed by atoms with Gasteiger partial charge in [-0.25, -0.2) is 13.1 Å². The molecule has 23 heavy (non-hydrogen) atoms. The molecule has 0 aromatic heterocycles. The number of nitrogens with two attached hydrogens (primary N) is 1. The smallest absolute Gasteiger partial charge is 0.214 e. The highest BCUT2D eigenvalue weighted by molar-refractivity contribution is 7.89. The van der Waals surface area contributed by atoms with Gasteiger partial charge in [-0.2, -0.15) is 5.26 Å². The zero-order chi connectivity index (χ0) is 16.6. The Balaban J connectivity index is 1.50. The van der Waals surface area contributed by atoms with E-state index in [1.165, 1.54) is 0 Å². The second-order valence-corrected chi connectivity index (χ2v) is 9.63. The van der Waals surface area contributed by atoms with Crippen LogP contribution in [0.2, 0.25) is 0 Å². The molecule has 0 heterocycles. The summed E-state index contributed by atoms with van der Waals surface area (Å²) in [5.41, 5.74) is 4.92. The van der Waals surface area contributed by atoms with Crippen molar-refractivity contribution >= 4 is 10.0 Å². The highest BCUT2D eigenvalue weighted by Gasteiger charge is 2.56. The van der Waals surface area contributed by atoms with Crippen molar-refractivity contribution in [1.82, 2.24) is 4.72 Å². The molecule has 0 aromatic rings. The van der Waals surface area contributed by atoms with E-state index < -0.39 is 15.6 Å². The molecule has 3 N–H and O–H groups in total.